The minimum Gasteiger partial charge on any atom is -0.310 e. The Morgan fingerprint density at radius 1 is 0.310 bits per heavy atom. The minimum atomic E-state index is 1.11. The lowest BCUT2D eigenvalue weighted by molar-refractivity contribution is 1.31. The second kappa shape index (κ2) is 13.2. The number of rotatable bonds is 5. The number of fused-ring (bicyclic) bond motifs is 10. The van der Waals surface area contributed by atoms with Crippen molar-refractivity contribution in [2.75, 3.05) is 4.90 Å². The van der Waals surface area contributed by atoms with Gasteiger partial charge in [0.2, 0.25) is 0 Å². The summed E-state index contributed by atoms with van der Waals surface area (Å²) in [6, 6.07) is 78.3. The molecule has 270 valence electrons. The Kier molecular flexibility index (Phi) is 7.47. The van der Waals surface area contributed by atoms with Gasteiger partial charge >= 0.3 is 0 Å². The highest BCUT2D eigenvalue weighted by Crippen LogP contribution is 2.50. The topological polar surface area (TPSA) is 3.24 Å². The van der Waals surface area contributed by atoms with Crippen LogP contribution in [0.15, 0.2) is 212 Å². The van der Waals surface area contributed by atoms with E-state index >= 15 is 0 Å². The molecule has 0 aliphatic heterocycles. The Balaban J connectivity index is 1.10. The molecule has 0 aliphatic carbocycles. The molecule has 0 atom stereocenters. The van der Waals surface area contributed by atoms with Crippen molar-refractivity contribution in [2.45, 2.75) is 0 Å². The van der Waals surface area contributed by atoms with Gasteiger partial charge in [0.25, 0.3) is 0 Å². The van der Waals surface area contributed by atoms with Gasteiger partial charge in [0.15, 0.2) is 0 Å². The lowest BCUT2D eigenvalue weighted by atomic mass is 9.93. The Bertz CT molecular complexity index is 3570. The van der Waals surface area contributed by atoms with E-state index in [0.717, 1.165) is 11.4 Å². The van der Waals surface area contributed by atoms with Gasteiger partial charge in [0, 0.05) is 37.1 Å². The molecule has 12 aromatic rings. The molecule has 0 aliphatic rings. The molecular weight excluding hydrogens is 719 g/mol. The van der Waals surface area contributed by atoms with Crippen molar-refractivity contribution in [3.8, 4) is 22.3 Å². The highest BCUT2D eigenvalue weighted by Gasteiger charge is 2.22. The van der Waals surface area contributed by atoms with Crippen LogP contribution in [0, 0.1) is 0 Å². The van der Waals surface area contributed by atoms with Gasteiger partial charge in [-0.2, -0.15) is 0 Å². The number of nitrogens with zero attached hydrogens (tertiary/aromatic N) is 1. The fraction of sp³-hybridized carbons (Fsp3) is 0. The Hall–Kier alpha value is -7.26. The van der Waals surface area contributed by atoms with E-state index in [0.29, 0.717) is 0 Å². The summed E-state index contributed by atoms with van der Waals surface area (Å²) >= 11 is 1.89. The van der Waals surface area contributed by atoms with Crippen molar-refractivity contribution in [2.24, 2.45) is 0 Å². The molecule has 1 heterocycles. The van der Waals surface area contributed by atoms with Crippen LogP contribution in [0.2, 0.25) is 0 Å². The zero-order chi connectivity index (χ0) is 38.2. The van der Waals surface area contributed by atoms with Crippen LogP contribution in [0.4, 0.5) is 17.1 Å². The maximum atomic E-state index is 2.48. The van der Waals surface area contributed by atoms with E-state index < -0.39 is 0 Å². The molecule has 12 rings (SSSR count). The van der Waals surface area contributed by atoms with Crippen molar-refractivity contribution in [1.29, 1.82) is 0 Å². The van der Waals surface area contributed by atoms with E-state index in [1.807, 2.05) is 11.3 Å². The van der Waals surface area contributed by atoms with Crippen LogP contribution >= 0.6 is 11.3 Å². The molecular formula is C56H35NS. The normalized spacial score (nSPS) is 11.8. The third kappa shape index (κ3) is 5.16. The van der Waals surface area contributed by atoms with Gasteiger partial charge in [-0.3, -0.25) is 0 Å². The largest absolute Gasteiger partial charge is 0.310 e. The fourth-order valence-electron chi connectivity index (χ4n) is 9.32. The standard InChI is InChI=1S/C56H35NS/c1-5-17-44-36(12-1)15-11-22-48(44)50-32-33-53(55-51-21-9-10-23-54(51)58-56(50)55)57(42-30-31-46-40(34-42)25-24-37-13-2-4-16-43(37)46)41-28-26-38(27-29-41)52-35-39-14-3-6-18-45(39)47-19-7-8-20-49(47)52/h1-35H. The Labute approximate surface area is 340 Å². The maximum Gasteiger partial charge on any atom is 0.0555 e. The molecule has 0 spiro atoms. The van der Waals surface area contributed by atoms with Gasteiger partial charge in [-0.15, -0.1) is 11.3 Å². The quantitative estimate of drug-likeness (QED) is 0.158. The molecule has 0 unspecified atom stereocenters. The molecule has 0 N–H and O–H groups in total. The molecule has 58 heavy (non-hydrogen) atoms. The second-order valence-corrected chi connectivity index (χ2v) is 16.3. The molecule has 0 amide bonds. The number of hydrogen-bond acceptors (Lipinski definition) is 2. The first kappa shape index (κ1) is 32.9. The summed E-state index contributed by atoms with van der Waals surface area (Å²) in [4.78, 5) is 2.48. The van der Waals surface area contributed by atoms with Gasteiger partial charge in [-0.1, -0.05) is 170 Å². The third-order valence-electron chi connectivity index (χ3n) is 12.0. The van der Waals surface area contributed by atoms with Crippen molar-refractivity contribution < 1.29 is 0 Å². The average Bonchev–Trinajstić information content (AvgIpc) is 3.69. The van der Waals surface area contributed by atoms with Crippen molar-refractivity contribution >= 4 is 102 Å². The van der Waals surface area contributed by atoms with Gasteiger partial charge < -0.3 is 4.90 Å². The van der Waals surface area contributed by atoms with Crippen LogP contribution in [0.25, 0.3) is 96.3 Å². The number of thiophene rings is 1. The first-order valence-electron chi connectivity index (χ1n) is 19.9. The molecule has 0 saturated carbocycles. The zero-order valence-electron chi connectivity index (χ0n) is 31.6. The van der Waals surface area contributed by atoms with Gasteiger partial charge in [-0.25, -0.2) is 0 Å². The van der Waals surface area contributed by atoms with Crippen molar-refractivity contribution in [1.82, 2.24) is 0 Å². The lowest BCUT2D eigenvalue weighted by Crippen LogP contribution is -2.10. The monoisotopic (exact) mass is 753 g/mol. The maximum absolute atomic E-state index is 2.48. The molecule has 1 nitrogen and oxygen atoms in total. The Morgan fingerprint density at radius 3 is 1.69 bits per heavy atom. The first-order valence-corrected chi connectivity index (χ1v) is 20.7. The summed E-state index contributed by atoms with van der Waals surface area (Å²) in [7, 11) is 0. The summed E-state index contributed by atoms with van der Waals surface area (Å²) in [5, 5.41) is 15.2. The van der Waals surface area contributed by atoms with E-state index in [1.54, 1.807) is 0 Å². The summed E-state index contributed by atoms with van der Waals surface area (Å²) < 4.78 is 2.58. The van der Waals surface area contributed by atoms with Crippen LogP contribution in [0.1, 0.15) is 0 Å². The third-order valence-corrected chi connectivity index (χ3v) is 13.2. The molecule has 0 bridgehead atoms. The minimum absolute atomic E-state index is 1.11. The van der Waals surface area contributed by atoms with Crippen LogP contribution in [-0.4, -0.2) is 0 Å². The summed E-state index contributed by atoms with van der Waals surface area (Å²) in [5.41, 5.74) is 8.38. The summed E-state index contributed by atoms with van der Waals surface area (Å²) in [6.45, 7) is 0. The van der Waals surface area contributed by atoms with Crippen molar-refractivity contribution in [3.63, 3.8) is 0 Å². The summed E-state index contributed by atoms with van der Waals surface area (Å²) in [5.74, 6) is 0. The van der Waals surface area contributed by atoms with E-state index in [9.17, 15) is 0 Å². The van der Waals surface area contributed by atoms with Crippen molar-refractivity contribution in [3.05, 3.63) is 212 Å². The lowest BCUT2D eigenvalue weighted by Gasteiger charge is -2.28. The van der Waals surface area contributed by atoms with E-state index in [4.69, 9.17) is 0 Å². The fourth-order valence-corrected chi connectivity index (χ4v) is 10.6. The van der Waals surface area contributed by atoms with Crippen LogP contribution < -0.4 is 4.90 Å². The number of hydrogen-bond donors (Lipinski definition) is 0. The molecule has 11 aromatic carbocycles. The number of benzene rings is 11. The molecule has 0 saturated heterocycles. The van der Waals surface area contributed by atoms with E-state index in [-0.39, 0.29) is 0 Å². The van der Waals surface area contributed by atoms with E-state index in [2.05, 4.69) is 217 Å². The predicted octanol–water partition coefficient (Wildman–Crippen LogP) is 16.6. The second-order valence-electron chi connectivity index (χ2n) is 15.2. The van der Waals surface area contributed by atoms with Crippen LogP contribution in [0.3, 0.4) is 0 Å². The van der Waals surface area contributed by atoms with Crippen LogP contribution in [0.5, 0.6) is 0 Å². The highest BCUT2D eigenvalue weighted by molar-refractivity contribution is 7.26. The molecule has 0 fully saturated rings. The SMILES string of the molecule is c1ccc2c(-c3ccc(N(c4ccc(-c5cc6ccccc6c6ccccc56)cc4)c4ccc5c(ccc6ccccc65)c4)c4c3sc3ccccc34)cccc2c1. The predicted molar refractivity (Wildman–Crippen MR) is 252 cm³/mol. The Morgan fingerprint density at radius 2 is 0.879 bits per heavy atom. The molecule has 2 heteroatoms. The van der Waals surface area contributed by atoms with Crippen LogP contribution in [-0.2, 0) is 0 Å². The van der Waals surface area contributed by atoms with Gasteiger partial charge in [0.05, 0.1) is 5.69 Å². The number of anilines is 3. The van der Waals surface area contributed by atoms with E-state index in [1.165, 1.54) is 102 Å². The highest BCUT2D eigenvalue weighted by atomic mass is 32.1. The summed E-state index contributed by atoms with van der Waals surface area (Å²) in [6.07, 6.45) is 0. The smallest absolute Gasteiger partial charge is 0.0555 e. The first-order chi connectivity index (χ1) is 28.8. The molecule has 0 radical (unpaired) electrons. The van der Waals surface area contributed by atoms with Gasteiger partial charge in [0.1, 0.15) is 0 Å². The average molecular weight is 754 g/mol. The van der Waals surface area contributed by atoms with Gasteiger partial charge in [-0.05, 0) is 113 Å². The zero-order valence-corrected chi connectivity index (χ0v) is 32.4. The molecule has 1 aromatic heterocycles.